The third kappa shape index (κ3) is 4.93. The van der Waals surface area contributed by atoms with Gasteiger partial charge in [0, 0.05) is 23.8 Å². The van der Waals surface area contributed by atoms with Gasteiger partial charge in [0.1, 0.15) is 17.9 Å². The van der Waals surface area contributed by atoms with E-state index in [-0.39, 0.29) is 5.82 Å². The first kappa shape index (κ1) is 20.2. The number of halogens is 1. The molecule has 2 aromatic heterocycles. The predicted molar refractivity (Wildman–Crippen MR) is 99.0 cm³/mol. The van der Waals surface area contributed by atoms with Crippen LogP contribution in [0.4, 0.5) is 4.39 Å². The number of fused-ring (bicyclic) bond motifs is 1. The van der Waals surface area contributed by atoms with Crippen LogP contribution in [0.3, 0.4) is 0 Å². The molecule has 144 valence electrons. The number of hydrogen-bond acceptors (Lipinski definition) is 4. The Hall–Kier alpha value is -3.16. The van der Waals surface area contributed by atoms with E-state index in [2.05, 4.69) is 30.3 Å². The van der Waals surface area contributed by atoms with Gasteiger partial charge in [0.05, 0.1) is 0 Å². The Bertz CT molecular complexity index is 919. The molecule has 0 bridgehead atoms. The van der Waals surface area contributed by atoms with E-state index >= 15 is 0 Å². The summed E-state index contributed by atoms with van der Waals surface area (Å²) in [6, 6.07) is 8.39. The fraction of sp³-hybridized carbons (Fsp3) is 0.316. The van der Waals surface area contributed by atoms with Gasteiger partial charge >= 0.3 is 0 Å². The molecule has 0 aliphatic heterocycles. The van der Waals surface area contributed by atoms with Gasteiger partial charge in [0.15, 0.2) is 0 Å². The highest BCUT2D eigenvalue weighted by Crippen LogP contribution is 2.31. The lowest BCUT2D eigenvalue weighted by Crippen LogP contribution is -2.03. The molecular formula is C19H22FN3O4. The van der Waals surface area contributed by atoms with Crippen molar-refractivity contribution in [2.45, 2.75) is 40.3 Å². The van der Waals surface area contributed by atoms with Gasteiger partial charge in [-0.05, 0) is 49.6 Å². The van der Waals surface area contributed by atoms with E-state index in [4.69, 9.17) is 20.1 Å². The normalized spacial score (nSPS) is 10.4. The average molecular weight is 375 g/mol. The minimum atomic E-state index is -1.50. The van der Waals surface area contributed by atoms with Gasteiger partial charge in [-0.15, -0.1) is 10.1 Å². The first-order chi connectivity index (χ1) is 12.8. The van der Waals surface area contributed by atoms with Crippen LogP contribution >= 0.6 is 0 Å². The maximum Gasteiger partial charge on any atom is 0.291 e. The van der Waals surface area contributed by atoms with E-state index in [0.29, 0.717) is 12.5 Å². The fourth-order valence-corrected chi connectivity index (χ4v) is 2.90. The largest absolute Gasteiger partial charge is 0.471 e. The van der Waals surface area contributed by atoms with Crippen LogP contribution in [-0.4, -0.2) is 19.8 Å². The lowest BCUT2D eigenvalue weighted by molar-refractivity contribution is -0.742. The van der Waals surface area contributed by atoms with E-state index in [9.17, 15) is 4.39 Å². The molecule has 7 nitrogen and oxygen atoms in total. The second kappa shape index (κ2) is 8.98. The molecule has 0 fully saturated rings. The van der Waals surface area contributed by atoms with E-state index in [1.165, 1.54) is 28.8 Å². The highest BCUT2D eigenvalue weighted by Gasteiger charge is 2.15. The minimum Gasteiger partial charge on any atom is -0.471 e. The van der Waals surface area contributed by atoms with Crippen molar-refractivity contribution in [2.75, 3.05) is 0 Å². The Kier molecular flexibility index (Phi) is 6.70. The predicted octanol–water partition coefficient (Wildman–Crippen LogP) is 4.43. The molecule has 27 heavy (non-hydrogen) atoms. The van der Waals surface area contributed by atoms with E-state index in [1.807, 2.05) is 6.07 Å². The smallest absolute Gasteiger partial charge is 0.291 e. The summed E-state index contributed by atoms with van der Waals surface area (Å²) in [6.45, 7) is 7.74. The van der Waals surface area contributed by atoms with Crippen LogP contribution in [0.1, 0.15) is 30.2 Å². The van der Waals surface area contributed by atoms with Crippen LogP contribution < -0.4 is 4.74 Å². The van der Waals surface area contributed by atoms with Crippen LogP contribution in [0.15, 0.2) is 36.5 Å². The van der Waals surface area contributed by atoms with Gasteiger partial charge in [0.25, 0.3) is 5.09 Å². The Morgan fingerprint density at radius 2 is 1.89 bits per heavy atom. The second-order valence-corrected chi connectivity index (χ2v) is 6.03. The molecule has 1 N–H and O–H groups in total. The standard InChI is InChI=1S/C19H21FN2O.HNO3/c1-4-11-22-14(3)13(2)17-9-10-21-19(18(17)22)23-12-15-5-7-16(20)8-6-15;2-1(3)4/h5-10H,4,11-12H2,1-3H3;(H,2,3,4). The number of ether oxygens (including phenoxy) is 1. The molecule has 1 aromatic carbocycles. The van der Waals surface area contributed by atoms with Gasteiger partial charge < -0.3 is 14.5 Å². The maximum absolute atomic E-state index is 13.0. The van der Waals surface area contributed by atoms with Crippen molar-refractivity contribution in [2.24, 2.45) is 0 Å². The Balaban J connectivity index is 0.000000596. The van der Waals surface area contributed by atoms with Crippen molar-refractivity contribution < 1.29 is 19.4 Å². The summed E-state index contributed by atoms with van der Waals surface area (Å²) in [6.07, 6.45) is 2.83. The van der Waals surface area contributed by atoms with Gasteiger partial charge in [-0.3, -0.25) is 0 Å². The lowest BCUT2D eigenvalue weighted by Gasteiger charge is -2.11. The molecule has 0 radical (unpaired) electrons. The Morgan fingerprint density at radius 3 is 2.48 bits per heavy atom. The first-order valence-corrected chi connectivity index (χ1v) is 8.50. The van der Waals surface area contributed by atoms with Crippen LogP contribution in [0.5, 0.6) is 5.88 Å². The van der Waals surface area contributed by atoms with Crippen molar-refractivity contribution >= 4 is 10.9 Å². The molecule has 0 saturated heterocycles. The Morgan fingerprint density at radius 1 is 1.26 bits per heavy atom. The van der Waals surface area contributed by atoms with E-state index < -0.39 is 5.09 Å². The molecule has 0 aliphatic rings. The van der Waals surface area contributed by atoms with E-state index in [1.54, 1.807) is 18.3 Å². The number of nitrogens with zero attached hydrogens (tertiary/aromatic N) is 3. The zero-order chi connectivity index (χ0) is 20.0. The number of rotatable bonds is 5. The third-order valence-electron chi connectivity index (χ3n) is 4.25. The molecular weight excluding hydrogens is 353 g/mol. The van der Waals surface area contributed by atoms with Crippen molar-refractivity contribution in [3.63, 3.8) is 0 Å². The topological polar surface area (TPSA) is 90.4 Å². The zero-order valence-electron chi connectivity index (χ0n) is 15.5. The second-order valence-electron chi connectivity index (χ2n) is 6.03. The molecule has 0 aliphatic carbocycles. The van der Waals surface area contributed by atoms with Crippen molar-refractivity contribution in [3.8, 4) is 5.88 Å². The van der Waals surface area contributed by atoms with Crippen molar-refractivity contribution in [1.29, 1.82) is 0 Å². The van der Waals surface area contributed by atoms with Gasteiger partial charge in [0.2, 0.25) is 5.88 Å². The third-order valence-corrected chi connectivity index (χ3v) is 4.25. The van der Waals surface area contributed by atoms with Gasteiger partial charge in [-0.25, -0.2) is 9.37 Å². The van der Waals surface area contributed by atoms with Crippen molar-refractivity contribution in [1.82, 2.24) is 9.55 Å². The number of aryl methyl sites for hydroxylation is 2. The molecule has 3 aromatic rings. The SMILES string of the molecule is CCCn1c(C)c(C)c2ccnc(OCc3ccc(F)cc3)c21.O=[N+]([O-])O. The zero-order valence-corrected chi connectivity index (χ0v) is 15.5. The highest BCUT2D eigenvalue weighted by molar-refractivity contribution is 5.88. The van der Waals surface area contributed by atoms with Crippen LogP contribution in [0, 0.1) is 29.8 Å². The van der Waals surface area contributed by atoms with Crippen LogP contribution in [0.2, 0.25) is 0 Å². The molecule has 0 atom stereocenters. The number of pyridine rings is 1. The average Bonchev–Trinajstić information content (AvgIpc) is 2.87. The van der Waals surface area contributed by atoms with Crippen LogP contribution in [0.25, 0.3) is 10.9 Å². The summed E-state index contributed by atoms with van der Waals surface area (Å²) in [4.78, 5) is 12.8. The molecule has 0 saturated carbocycles. The summed E-state index contributed by atoms with van der Waals surface area (Å²) < 4.78 is 21.2. The monoisotopic (exact) mass is 375 g/mol. The van der Waals surface area contributed by atoms with E-state index in [0.717, 1.165) is 24.0 Å². The molecule has 3 rings (SSSR count). The molecule has 2 heterocycles. The number of aromatic nitrogens is 2. The Labute approximate surface area is 156 Å². The van der Waals surface area contributed by atoms with Gasteiger partial charge in [-0.2, -0.15) is 0 Å². The fourth-order valence-electron chi connectivity index (χ4n) is 2.90. The minimum absolute atomic E-state index is 0.239. The lowest BCUT2D eigenvalue weighted by atomic mass is 10.2. The molecule has 0 spiro atoms. The van der Waals surface area contributed by atoms with Crippen molar-refractivity contribution in [3.05, 3.63) is 69.3 Å². The summed E-state index contributed by atoms with van der Waals surface area (Å²) in [7, 11) is 0. The quantitative estimate of drug-likeness (QED) is 0.526. The molecule has 8 heteroatoms. The first-order valence-electron chi connectivity index (χ1n) is 8.50. The summed E-state index contributed by atoms with van der Waals surface area (Å²) in [5, 5.41) is 14.8. The maximum atomic E-state index is 13.0. The summed E-state index contributed by atoms with van der Waals surface area (Å²) >= 11 is 0. The number of benzene rings is 1. The molecule has 0 amide bonds. The highest BCUT2D eigenvalue weighted by atomic mass is 19.1. The van der Waals surface area contributed by atoms with Gasteiger partial charge in [-0.1, -0.05) is 19.1 Å². The van der Waals surface area contributed by atoms with Crippen LogP contribution in [-0.2, 0) is 13.2 Å². The number of hydrogen-bond donors (Lipinski definition) is 1. The molecule has 0 unspecified atom stereocenters. The summed E-state index contributed by atoms with van der Waals surface area (Å²) in [5.74, 6) is 0.397. The summed E-state index contributed by atoms with van der Waals surface area (Å²) in [5.41, 5.74) is 4.49.